The van der Waals surface area contributed by atoms with E-state index in [1.165, 1.54) is 16.7 Å². The van der Waals surface area contributed by atoms with Crippen molar-refractivity contribution >= 4 is 33.0 Å². The van der Waals surface area contributed by atoms with E-state index in [1.807, 2.05) is 18.2 Å². The summed E-state index contributed by atoms with van der Waals surface area (Å²) in [6, 6.07) is 10.1. The van der Waals surface area contributed by atoms with E-state index in [0.29, 0.717) is 0 Å². The first-order valence-electron chi connectivity index (χ1n) is 5.88. The van der Waals surface area contributed by atoms with Crippen LogP contribution in [0.3, 0.4) is 0 Å². The lowest BCUT2D eigenvalue weighted by Crippen LogP contribution is -1.99. The van der Waals surface area contributed by atoms with E-state index in [0.717, 1.165) is 21.5 Å². The van der Waals surface area contributed by atoms with E-state index in [4.69, 9.17) is 5.73 Å². The number of aryl methyl sites for hydroxylation is 1. The van der Waals surface area contributed by atoms with E-state index in [-0.39, 0.29) is 0 Å². The van der Waals surface area contributed by atoms with Crippen LogP contribution in [-0.2, 0) is 0 Å². The molecule has 18 heavy (non-hydrogen) atoms. The van der Waals surface area contributed by atoms with Crippen LogP contribution in [0.2, 0.25) is 0 Å². The van der Waals surface area contributed by atoms with Gasteiger partial charge in [0, 0.05) is 10.2 Å². The van der Waals surface area contributed by atoms with Gasteiger partial charge in [0.25, 0.3) is 0 Å². The van der Waals surface area contributed by atoms with Crippen molar-refractivity contribution in [1.29, 1.82) is 0 Å². The number of hydrogen-bond acceptors (Lipinski definition) is 2. The summed E-state index contributed by atoms with van der Waals surface area (Å²) in [5.74, 6) is 0. The van der Waals surface area contributed by atoms with Crippen LogP contribution in [0.4, 0.5) is 17.1 Å². The Balaban J connectivity index is 2.37. The second kappa shape index (κ2) is 5.02. The molecule has 0 aliphatic carbocycles. The maximum Gasteiger partial charge on any atom is 0.0618 e. The largest absolute Gasteiger partial charge is 0.397 e. The van der Waals surface area contributed by atoms with Crippen LogP contribution < -0.4 is 11.1 Å². The Morgan fingerprint density at radius 1 is 0.944 bits per heavy atom. The first-order chi connectivity index (χ1) is 8.49. The number of hydrogen-bond donors (Lipinski definition) is 2. The lowest BCUT2D eigenvalue weighted by Gasteiger charge is -2.15. The zero-order valence-corrected chi connectivity index (χ0v) is 12.4. The molecule has 2 nitrogen and oxygen atoms in total. The molecular formula is C15H17BrN2. The Bertz CT molecular complexity index is 591. The Kier molecular flexibility index (Phi) is 3.62. The molecule has 2 rings (SSSR count). The van der Waals surface area contributed by atoms with Crippen molar-refractivity contribution in [2.24, 2.45) is 0 Å². The normalized spacial score (nSPS) is 10.4. The highest BCUT2D eigenvalue weighted by molar-refractivity contribution is 9.10. The minimum atomic E-state index is 0.738. The maximum atomic E-state index is 5.99. The third-order valence-corrected chi connectivity index (χ3v) is 3.83. The summed E-state index contributed by atoms with van der Waals surface area (Å²) < 4.78 is 0.988. The van der Waals surface area contributed by atoms with Crippen molar-refractivity contribution in [1.82, 2.24) is 0 Å². The number of anilines is 3. The molecule has 0 atom stereocenters. The van der Waals surface area contributed by atoms with Gasteiger partial charge in [-0.2, -0.15) is 0 Å². The van der Waals surface area contributed by atoms with Gasteiger partial charge in [-0.1, -0.05) is 22.0 Å². The van der Waals surface area contributed by atoms with Gasteiger partial charge in [-0.3, -0.25) is 0 Å². The molecule has 0 unspecified atom stereocenters. The first-order valence-corrected chi connectivity index (χ1v) is 6.67. The second-order valence-electron chi connectivity index (χ2n) is 4.54. The number of nitrogen functional groups attached to an aromatic ring is 1. The highest BCUT2D eigenvalue weighted by Gasteiger charge is 2.06. The van der Waals surface area contributed by atoms with E-state index < -0.39 is 0 Å². The Morgan fingerprint density at radius 2 is 1.61 bits per heavy atom. The molecule has 3 heteroatoms. The highest BCUT2D eigenvalue weighted by Crippen LogP contribution is 2.29. The van der Waals surface area contributed by atoms with Gasteiger partial charge < -0.3 is 11.1 Å². The second-order valence-corrected chi connectivity index (χ2v) is 5.45. The summed E-state index contributed by atoms with van der Waals surface area (Å²) in [7, 11) is 0. The maximum absolute atomic E-state index is 5.99. The minimum Gasteiger partial charge on any atom is -0.397 e. The van der Waals surface area contributed by atoms with Gasteiger partial charge in [-0.15, -0.1) is 0 Å². The van der Waals surface area contributed by atoms with Crippen LogP contribution in [0.1, 0.15) is 16.7 Å². The van der Waals surface area contributed by atoms with Crippen LogP contribution in [0.5, 0.6) is 0 Å². The number of rotatable bonds is 2. The first kappa shape index (κ1) is 13.0. The van der Waals surface area contributed by atoms with Crippen molar-refractivity contribution in [3.63, 3.8) is 0 Å². The topological polar surface area (TPSA) is 38.0 Å². The summed E-state index contributed by atoms with van der Waals surface area (Å²) in [5, 5.41) is 3.39. The van der Waals surface area contributed by atoms with Gasteiger partial charge in [-0.05, 0) is 61.7 Å². The molecule has 2 aromatic rings. The average Bonchev–Trinajstić information content (AvgIpc) is 2.33. The molecule has 0 saturated carbocycles. The minimum absolute atomic E-state index is 0.738. The van der Waals surface area contributed by atoms with Crippen molar-refractivity contribution in [2.75, 3.05) is 11.1 Å². The SMILES string of the molecule is Cc1ccc(Nc2ccc(Br)cc2N)c(C)c1C. The van der Waals surface area contributed by atoms with E-state index >= 15 is 0 Å². The zero-order chi connectivity index (χ0) is 13.3. The number of nitrogens with one attached hydrogen (secondary N) is 1. The van der Waals surface area contributed by atoms with Crippen molar-refractivity contribution in [3.05, 3.63) is 51.5 Å². The quantitative estimate of drug-likeness (QED) is 0.789. The molecule has 0 aliphatic heterocycles. The molecule has 0 radical (unpaired) electrons. The van der Waals surface area contributed by atoms with Crippen molar-refractivity contribution in [3.8, 4) is 0 Å². The molecule has 3 N–H and O–H groups in total. The van der Waals surface area contributed by atoms with E-state index in [1.54, 1.807) is 0 Å². The van der Waals surface area contributed by atoms with Crippen molar-refractivity contribution < 1.29 is 0 Å². The van der Waals surface area contributed by atoms with E-state index in [9.17, 15) is 0 Å². The molecule has 0 bridgehead atoms. The smallest absolute Gasteiger partial charge is 0.0618 e. The van der Waals surface area contributed by atoms with Crippen LogP contribution in [-0.4, -0.2) is 0 Å². The summed E-state index contributed by atoms with van der Waals surface area (Å²) >= 11 is 3.41. The fourth-order valence-electron chi connectivity index (χ4n) is 1.88. The molecule has 0 amide bonds. The van der Waals surface area contributed by atoms with Gasteiger partial charge in [0.05, 0.1) is 11.4 Å². The molecule has 0 spiro atoms. The molecule has 0 aromatic heterocycles. The van der Waals surface area contributed by atoms with Gasteiger partial charge in [0.1, 0.15) is 0 Å². The summed E-state index contributed by atoms with van der Waals surface area (Å²) in [4.78, 5) is 0. The lowest BCUT2D eigenvalue weighted by molar-refractivity contribution is 1.26. The molecule has 0 heterocycles. The summed E-state index contributed by atoms with van der Waals surface area (Å²) in [6.07, 6.45) is 0. The molecule has 0 saturated heterocycles. The van der Waals surface area contributed by atoms with Gasteiger partial charge in [0.2, 0.25) is 0 Å². The number of halogens is 1. The number of benzene rings is 2. The predicted octanol–water partition coefficient (Wildman–Crippen LogP) is 4.70. The fourth-order valence-corrected chi connectivity index (χ4v) is 2.26. The van der Waals surface area contributed by atoms with Gasteiger partial charge in [0.15, 0.2) is 0 Å². The third-order valence-electron chi connectivity index (χ3n) is 3.34. The van der Waals surface area contributed by atoms with Crippen LogP contribution >= 0.6 is 15.9 Å². The number of nitrogens with two attached hydrogens (primary N) is 1. The molecule has 0 fully saturated rings. The Morgan fingerprint density at radius 3 is 2.28 bits per heavy atom. The lowest BCUT2D eigenvalue weighted by atomic mass is 10.0. The average molecular weight is 305 g/mol. The van der Waals surface area contributed by atoms with Gasteiger partial charge in [-0.25, -0.2) is 0 Å². The monoisotopic (exact) mass is 304 g/mol. The molecule has 2 aromatic carbocycles. The van der Waals surface area contributed by atoms with Crippen molar-refractivity contribution in [2.45, 2.75) is 20.8 Å². The predicted molar refractivity (Wildman–Crippen MR) is 82.5 cm³/mol. The van der Waals surface area contributed by atoms with E-state index in [2.05, 4.69) is 54.2 Å². The Hall–Kier alpha value is -1.48. The van der Waals surface area contributed by atoms with Crippen LogP contribution in [0.25, 0.3) is 0 Å². The summed E-state index contributed by atoms with van der Waals surface area (Å²) in [5.41, 5.74) is 12.7. The zero-order valence-electron chi connectivity index (χ0n) is 10.8. The Labute approximate surface area is 116 Å². The third kappa shape index (κ3) is 2.51. The van der Waals surface area contributed by atoms with Crippen LogP contribution in [0, 0.1) is 20.8 Å². The fraction of sp³-hybridized carbons (Fsp3) is 0.200. The van der Waals surface area contributed by atoms with Gasteiger partial charge >= 0.3 is 0 Å². The standard InChI is InChI=1S/C15H17BrN2/c1-9-4-6-14(11(3)10(9)2)18-15-7-5-12(16)8-13(15)17/h4-8,18H,17H2,1-3H3. The molecule has 94 valence electrons. The van der Waals surface area contributed by atoms with Crippen LogP contribution in [0.15, 0.2) is 34.8 Å². The highest BCUT2D eigenvalue weighted by atomic mass is 79.9. The molecule has 0 aliphatic rings. The summed E-state index contributed by atoms with van der Waals surface area (Å²) in [6.45, 7) is 6.39. The molecular weight excluding hydrogens is 288 g/mol.